The van der Waals surface area contributed by atoms with E-state index in [0.717, 1.165) is 0 Å². The first kappa shape index (κ1) is 10.7. The minimum atomic E-state index is -2.80. The minimum Gasteiger partial charge on any atom is -0.434 e. The van der Waals surface area contributed by atoms with E-state index in [-0.39, 0.29) is 5.75 Å². The number of alkyl halides is 2. The first-order valence-electron chi connectivity index (χ1n) is 4.14. The molecule has 0 saturated heterocycles. The predicted molar refractivity (Wildman–Crippen MR) is 51.2 cm³/mol. The van der Waals surface area contributed by atoms with Crippen LogP contribution in [-0.2, 0) is 0 Å². The third-order valence-corrected chi connectivity index (χ3v) is 1.57. The molecule has 0 aliphatic carbocycles. The number of hydrogen-bond donors (Lipinski definition) is 1. The SMILES string of the molecule is NCC=Cc1ccccc1OC(F)F. The van der Waals surface area contributed by atoms with Gasteiger partial charge < -0.3 is 10.5 Å². The number of halogens is 2. The van der Waals surface area contributed by atoms with Crippen molar-refractivity contribution < 1.29 is 13.5 Å². The fraction of sp³-hybridized carbons (Fsp3) is 0.200. The van der Waals surface area contributed by atoms with Crippen LogP contribution in [0.1, 0.15) is 5.56 Å². The zero-order chi connectivity index (χ0) is 10.4. The third-order valence-electron chi connectivity index (χ3n) is 1.57. The highest BCUT2D eigenvalue weighted by Crippen LogP contribution is 2.21. The maximum atomic E-state index is 12.0. The van der Waals surface area contributed by atoms with E-state index in [1.807, 2.05) is 0 Å². The summed E-state index contributed by atoms with van der Waals surface area (Å²) in [6.07, 6.45) is 3.32. The number of rotatable bonds is 4. The van der Waals surface area contributed by atoms with Crippen molar-refractivity contribution in [3.8, 4) is 5.75 Å². The molecule has 0 aromatic heterocycles. The summed E-state index contributed by atoms with van der Waals surface area (Å²) in [5, 5.41) is 0. The summed E-state index contributed by atoms with van der Waals surface area (Å²) < 4.78 is 28.2. The molecule has 2 N–H and O–H groups in total. The van der Waals surface area contributed by atoms with Crippen LogP contribution in [0.5, 0.6) is 5.75 Å². The van der Waals surface area contributed by atoms with Crippen molar-refractivity contribution in [1.82, 2.24) is 0 Å². The van der Waals surface area contributed by atoms with E-state index < -0.39 is 6.61 Å². The van der Waals surface area contributed by atoms with E-state index in [4.69, 9.17) is 5.73 Å². The second-order valence-electron chi connectivity index (χ2n) is 2.55. The lowest BCUT2D eigenvalue weighted by molar-refractivity contribution is -0.0499. The number of para-hydroxylation sites is 1. The van der Waals surface area contributed by atoms with E-state index >= 15 is 0 Å². The highest BCUT2D eigenvalue weighted by atomic mass is 19.3. The van der Waals surface area contributed by atoms with Gasteiger partial charge in [-0.25, -0.2) is 0 Å². The monoisotopic (exact) mass is 199 g/mol. The van der Waals surface area contributed by atoms with Crippen molar-refractivity contribution in [1.29, 1.82) is 0 Å². The molecule has 0 fully saturated rings. The topological polar surface area (TPSA) is 35.2 Å². The fourth-order valence-corrected chi connectivity index (χ4v) is 1.02. The van der Waals surface area contributed by atoms with Crippen molar-refractivity contribution in [2.24, 2.45) is 5.73 Å². The first-order valence-corrected chi connectivity index (χ1v) is 4.14. The average Bonchev–Trinajstić information content (AvgIpc) is 2.16. The van der Waals surface area contributed by atoms with E-state index in [1.54, 1.807) is 30.4 Å². The largest absolute Gasteiger partial charge is 0.434 e. The van der Waals surface area contributed by atoms with Crippen molar-refractivity contribution in [2.45, 2.75) is 6.61 Å². The van der Waals surface area contributed by atoms with Crippen molar-refractivity contribution >= 4 is 6.08 Å². The normalized spacial score (nSPS) is 11.1. The smallest absolute Gasteiger partial charge is 0.387 e. The molecule has 0 bridgehead atoms. The van der Waals surface area contributed by atoms with Gasteiger partial charge >= 0.3 is 6.61 Å². The van der Waals surface area contributed by atoms with Gasteiger partial charge in [0, 0.05) is 12.1 Å². The molecule has 0 amide bonds. The Morgan fingerprint density at radius 2 is 2.07 bits per heavy atom. The molecule has 0 radical (unpaired) electrons. The quantitative estimate of drug-likeness (QED) is 0.807. The predicted octanol–water partition coefficient (Wildman–Crippen LogP) is 2.26. The number of ether oxygens (including phenoxy) is 1. The van der Waals surface area contributed by atoms with Crippen molar-refractivity contribution in [2.75, 3.05) is 6.54 Å². The number of benzene rings is 1. The molecule has 0 heterocycles. The second-order valence-corrected chi connectivity index (χ2v) is 2.55. The summed E-state index contributed by atoms with van der Waals surface area (Å²) in [4.78, 5) is 0. The van der Waals surface area contributed by atoms with Crippen LogP contribution in [0.3, 0.4) is 0 Å². The highest BCUT2D eigenvalue weighted by Gasteiger charge is 2.06. The summed E-state index contributed by atoms with van der Waals surface area (Å²) in [6.45, 7) is -2.44. The lowest BCUT2D eigenvalue weighted by Gasteiger charge is -2.06. The minimum absolute atomic E-state index is 0.159. The molecule has 14 heavy (non-hydrogen) atoms. The lowest BCUT2D eigenvalue weighted by Crippen LogP contribution is -2.03. The molecular formula is C10H11F2NO. The summed E-state index contributed by atoms with van der Waals surface area (Å²) in [5.74, 6) is 0.159. The Morgan fingerprint density at radius 3 is 2.71 bits per heavy atom. The third kappa shape index (κ3) is 3.14. The van der Waals surface area contributed by atoms with Crippen LogP contribution < -0.4 is 10.5 Å². The Balaban J connectivity index is 2.85. The van der Waals surface area contributed by atoms with E-state index in [9.17, 15) is 8.78 Å². The van der Waals surface area contributed by atoms with Gasteiger partial charge in [-0.15, -0.1) is 0 Å². The molecule has 0 aliphatic rings. The molecule has 76 valence electrons. The van der Waals surface area contributed by atoms with Gasteiger partial charge in [-0.1, -0.05) is 30.4 Å². The molecule has 4 heteroatoms. The van der Waals surface area contributed by atoms with Gasteiger partial charge in [0.15, 0.2) is 0 Å². The average molecular weight is 199 g/mol. The summed E-state index contributed by atoms with van der Waals surface area (Å²) >= 11 is 0. The molecule has 0 atom stereocenters. The van der Waals surface area contributed by atoms with E-state index in [2.05, 4.69) is 4.74 Å². The van der Waals surface area contributed by atoms with Gasteiger partial charge in [0.25, 0.3) is 0 Å². The summed E-state index contributed by atoms with van der Waals surface area (Å²) in [6, 6.07) is 6.55. The zero-order valence-electron chi connectivity index (χ0n) is 7.49. The molecule has 0 spiro atoms. The second kappa shape index (κ2) is 5.34. The molecular weight excluding hydrogens is 188 g/mol. The van der Waals surface area contributed by atoms with E-state index in [1.165, 1.54) is 6.07 Å². The lowest BCUT2D eigenvalue weighted by atomic mass is 10.2. The van der Waals surface area contributed by atoms with E-state index in [0.29, 0.717) is 12.1 Å². The zero-order valence-corrected chi connectivity index (χ0v) is 7.49. The molecule has 0 saturated carbocycles. The molecule has 1 rings (SSSR count). The molecule has 2 nitrogen and oxygen atoms in total. The number of hydrogen-bond acceptors (Lipinski definition) is 2. The van der Waals surface area contributed by atoms with Crippen LogP contribution in [0.2, 0.25) is 0 Å². The summed E-state index contributed by atoms with van der Waals surface area (Å²) in [5.41, 5.74) is 5.85. The Hall–Kier alpha value is -1.42. The Labute approximate surface area is 81.0 Å². The van der Waals surface area contributed by atoms with Gasteiger partial charge in [-0.2, -0.15) is 8.78 Å². The molecule has 1 aromatic carbocycles. The number of nitrogens with two attached hydrogens (primary N) is 1. The first-order chi connectivity index (χ1) is 6.74. The Bertz CT molecular complexity index is 313. The van der Waals surface area contributed by atoms with Crippen LogP contribution in [0.25, 0.3) is 6.08 Å². The fourth-order valence-electron chi connectivity index (χ4n) is 1.02. The van der Waals surface area contributed by atoms with Crippen LogP contribution in [-0.4, -0.2) is 13.2 Å². The Kier molecular flexibility index (Phi) is 4.07. The van der Waals surface area contributed by atoms with Crippen LogP contribution in [0.4, 0.5) is 8.78 Å². The van der Waals surface area contributed by atoms with Gasteiger partial charge in [0.1, 0.15) is 5.75 Å². The molecule has 0 aliphatic heterocycles. The van der Waals surface area contributed by atoms with Gasteiger partial charge in [-0.05, 0) is 6.07 Å². The summed E-state index contributed by atoms with van der Waals surface area (Å²) in [7, 11) is 0. The van der Waals surface area contributed by atoms with Crippen molar-refractivity contribution in [3.63, 3.8) is 0 Å². The molecule has 1 aromatic rings. The van der Waals surface area contributed by atoms with Gasteiger partial charge in [0.2, 0.25) is 0 Å². The van der Waals surface area contributed by atoms with Crippen LogP contribution in [0.15, 0.2) is 30.3 Å². The van der Waals surface area contributed by atoms with Crippen LogP contribution in [0, 0.1) is 0 Å². The van der Waals surface area contributed by atoms with Crippen LogP contribution >= 0.6 is 0 Å². The maximum absolute atomic E-state index is 12.0. The molecule has 0 unspecified atom stereocenters. The van der Waals surface area contributed by atoms with Crippen molar-refractivity contribution in [3.05, 3.63) is 35.9 Å². The van der Waals surface area contributed by atoms with Gasteiger partial charge in [-0.3, -0.25) is 0 Å². The standard InChI is InChI=1S/C10H11F2NO/c11-10(12)14-9-6-2-1-4-8(9)5-3-7-13/h1-6,10H,7,13H2. The highest BCUT2D eigenvalue weighted by molar-refractivity contribution is 5.57. The maximum Gasteiger partial charge on any atom is 0.387 e. The van der Waals surface area contributed by atoms with Gasteiger partial charge in [0.05, 0.1) is 0 Å². The Morgan fingerprint density at radius 1 is 1.36 bits per heavy atom.